The van der Waals surface area contributed by atoms with Crippen molar-refractivity contribution in [2.24, 2.45) is 0 Å². The Kier molecular flexibility index (Phi) is 14.2. The van der Waals surface area contributed by atoms with Crippen LogP contribution in [0.15, 0.2) is 66.8 Å². The Balaban J connectivity index is 2.09. The molecule has 39 heavy (non-hydrogen) atoms. The van der Waals surface area contributed by atoms with Crippen LogP contribution in [0, 0.1) is 0 Å². The van der Waals surface area contributed by atoms with E-state index >= 15 is 0 Å². The van der Waals surface area contributed by atoms with Crippen LogP contribution in [-0.4, -0.2) is 68.4 Å². The molecule has 0 atom stereocenters. The van der Waals surface area contributed by atoms with Crippen molar-refractivity contribution in [2.45, 2.75) is 32.6 Å². The molecule has 2 rings (SSSR count). The molecule has 0 saturated heterocycles. The Morgan fingerprint density at radius 2 is 1.33 bits per heavy atom. The van der Waals surface area contributed by atoms with Gasteiger partial charge in [-0.3, -0.25) is 0 Å². The van der Waals surface area contributed by atoms with Crippen LogP contribution in [0.3, 0.4) is 0 Å². The van der Waals surface area contributed by atoms with E-state index in [0.29, 0.717) is 23.9 Å². The topological polar surface area (TPSA) is 121 Å². The highest BCUT2D eigenvalue weighted by Crippen LogP contribution is 2.35. The maximum Gasteiger partial charge on any atom is 0.335 e. The number of carbonyl (C=O) groups is 2. The Labute approximate surface area is 229 Å². The summed E-state index contributed by atoms with van der Waals surface area (Å²) in [5.74, 6) is 0.487. The van der Waals surface area contributed by atoms with E-state index in [-0.39, 0.29) is 37.6 Å². The summed E-state index contributed by atoms with van der Waals surface area (Å²) in [6, 6.07) is 12.9. The first-order valence-corrected chi connectivity index (χ1v) is 12.9. The number of ether oxygens (including phenoxy) is 5. The Morgan fingerprint density at radius 3 is 1.92 bits per heavy atom. The molecule has 0 aliphatic carbocycles. The zero-order valence-electron chi connectivity index (χ0n) is 22.5. The number of aliphatic hydroxyl groups is 2. The fourth-order valence-electron chi connectivity index (χ4n) is 3.34. The van der Waals surface area contributed by atoms with Crippen molar-refractivity contribution >= 4 is 11.9 Å². The van der Waals surface area contributed by atoms with Crippen molar-refractivity contribution in [3.63, 3.8) is 0 Å². The van der Waals surface area contributed by atoms with E-state index in [1.165, 1.54) is 0 Å². The number of carbonyl (C=O) groups excluding carboxylic acids is 2. The summed E-state index contributed by atoms with van der Waals surface area (Å²) in [6.45, 7) is 8.93. The summed E-state index contributed by atoms with van der Waals surface area (Å²) in [5, 5.41) is 17.9. The van der Waals surface area contributed by atoms with Gasteiger partial charge in [-0.2, -0.15) is 0 Å². The van der Waals surface area contributed by atoms with Crippen LogP contribution in [0.1, 0.15) is 32.6 Å². The fraction of sp³-hybridized carbons (Fsp3) is 0.400. The molecule has 0 fully saturated rings. The number of aliphatic hydroxyl groups excluding tert-OH is 2. The standard InChI is InChI=1S/C30H38O9/c1-4-5-6-7-13-37-28-12-11-26(36-15-17-39-30(34)23(3)21-32)19-27(28)24-9-8-10-25(18-24)35-14-16-38-29(33)22(2)20-31/h8-12,18-19,31-32H,2-7,13-17,20-21H2,1H3. The number of hydrogen-bond donors (Lipinski definition) is 2. The molecule has 2 aromatic rings. The van der Waals surface area contributed by atoms with Crippen molar-refractivity contribution in [2.75, 3.05) is 46.2 Å². The third-order valence-electron chi connectivity index (χ3n) is 5.48. The van der Waals surface area contributed by atoms with Crippen LogP contribution in [0.25, 0.3) is 11.1 Å². The van der Waals surface area contributed by atoms with E-state index in [0.717, 1.165) is 36.8 Å². The average Bonchev–Trinajstić information content (AvgIpc) is 2.96. The maximum absolute atomic E-state index is 11.6. The lowest BCUT2D eigenvalue weighted by Crippen LogP contribution is -2.15. The number of hydrogen-bond acceptors (Lipinski definition) is 9. The van der Waals surface area contributed by atoms with Gasteiger partial charge in [-0.1, -0.05) is 51.5 Å². The van der Waals surface area contributed by atoms with E-state index in [2.05, 4.69) is 20.1 Å². The SMILES string of the molecule is C=C(CO)C(=O)OCCOc1cccc(-c2cc(OCCOC(=O)C(=C)CO)ccc2OCCCCCC)c1. The first-order valence-electron chi connectivity index (χ1n) is 12.9. The van der Waals surface area contributed by atoms with Gasteiger partial charge in [-0.05, 0) is 42.3 Å². The van der Waals surface area contributed by atoms with Gasteiger partial charge in [0.05, 0.1) is 31.0 Å². The molecule has 2 N–H and O–H groups in total. The Bertz CT molecular complexity index is 1090. The normalized spacial score (nSPS) is 10.4. The molecular weight excluding hydrogens is 504 g/mol. The van der Waals surface area contributed by atoms with Crippen LogP contribution < -0.4 is 14.2 Å². The second-order valence-electron chi connectivity index (χ2n) is 8.59. The van der Waals surface area contributed by atoms with E-state index in [1.807, 2.05) is 30.3 Å². The maximum atomic E-state index is 11.6. The lowest BCUT2D eigenvalue weighted by atomic mass is 10.0. The first kappa shape index (κ1) is 31.4. The van der Waals surface area contributed by atoms with E-state index in [1.54, 1.807) is 12.1 Å². The highest BCUT2D eigenvalue weighted by molar-refractivity contribution is 5.88. The Hall–Kier alpha value is -3.82. The number of esters is 2. The highest BCUT2D eigenvalue weighted by Gasteiger charge is 2.12. The van der Waals surface area contributed by atoms with Crippen LogP contribution in [0.2, 0.25) is 0 Å². The second kappa shape index (κ2) is 17.6. The lowest BCUT2D eigenvalue weighted by Gasteiger charge is -2.15. The average molecular weight is 543 g/mol. The van der Waals surface area contributed by atoms with Crippen molar-refractivity contribution in [3.05, 3.63) is 66.8 Å². The molecule has 0 saturated carbocycles. The van der Waals surface area contributed by atoms with Gasteiger partial charge in [0.15, 0.2) is 0 Å². The van der Waals surface area contributed by atoms with Crippen LogP contribution >= 0.6 is 0 Å². The van der Waals surface area contributed by atoms with Crippen molar-refractivity contribution < 1.29 is 43.5 Å². The molecular formula is C30H38O9. The second-order valence-corrected chi connectivity index (χ2v) is 8.59. The summed E-state index contributed by atoms with van der Waals surface area (Å²) >= 11 is 0. The molecule has 0 heterocycles. The summed E-state index contributed by atoms with van der Waals surface area (Å²) < 4.78 is 27.7. The molecule has 0 bridgehead atoms. The minimum atomic E-state index is -0.668. The lowest BCUT2D eigenvalue weighted by molar-refractivity contribution is -0.141. The molecule has 2 aromatic carbocycles. The summed E-state index contributed by atoms with van der Waals surface area (Å²) in [4.78, 5) is 23.2. The van der Waals surface area contributed by atoms with Crippen LogP contribution in [0.4, 0.5) is 0 Å². The predicted octanol–water partition coefficient (Wildman–Crippen LogP) is 4.25. The highest BCUT2D eigenvalue weighted by atomic mass is 16.6. The molecule has 0 spiro atoms. The number of unbranched alkanes of at least 4 members (excludes halogenated alkanes) is 3. The smallest absolute Gasteiger partial charge is 0.335 e. The zero-order chi connectivity index (χ0) is 28.5. The van der Waals surface area contributed by atoms with Crippen molar-refractivity contribution in [1.29, 1.82) is 0 Å². The monoisotopic (exact) mass is 542 g/mol. The van der Waals surface area contributed by atoms with Gasteiger partial charge in [0.25, 0.3) is 0 Å². The molecule has 9 nitrogen and oxygen atoms in total. The molecule has 0 radical (unpaired) electrons. The molecule has 9 heteroatoms. The predicted molar refractivity (Wildman–Crippen MR) is 147 cm³/mol. The van der Waals surface area contributed by atoms with Gasteiger partial charge < -0.3 is 33.9 Å². The van der Waals surface area contributed by atoms with Crippen molar-refractivity contribution in [1.82, 2.24) is 0 Å². The fourth-order valence-corrected chi connectivity index (χ4v) is 3.34. The Morgan fingerprint density at radius 1 is 0.718 bits per heavy atom. The summed E-state index contributed by atoms with van der Waals surface area (Å²) in [7, 11) is 0. The minimum Gasteiger partial charge on any atom is -0.493 e. The third-order valence-corrected chi connectivity index (χ3v) is 5.48. The van der Waals surface area contributed by atoms with Crippen LogP contribution in [0.5, 0.6) is 17.2 Å². The van der Waals surface area contributed by atoms with Gasteiger partial charge in [0.2, 0.25) is 0 Å². The molecule has 0 aliphatic heterocycles. The largest absolute Gasteiger partial charge is 0.493 e. The summed E-state index contributed by atoms with van der Waals surface area (Å²) in [6.07, 6.45) is 4.33. The van der Waals surface area contributed by atoms with E-state index in [4.69, 9.17) is 33.9 Å². The zero-order valence-corrected chi connectivity index (χ0v) is 22.5. The van der Waals surface area contributed by atoms with Crippen molar-refractivity contribution in [3.8, 4) is 28.4 Å². The molecule has 0 aliphatic rings. The van der Waals surface area contributed by atoms with Crippen LogP contribution in [-0.2, 0) is 19.1 Å². The summed E-state index contributed by atoms with van der Waals surface area (Å²) in [5.41, 5.74) is 1.59. The minimum absolute atomic E-state index is 0.00240. The van der Waals surface area contributed by atoms with Gasteiger partial charge in [0, 0.05) is 5.56 Å². The molecule has 0 aromatic heterocycles. The molecule has 0 unspecified atom stereocenters. The number of rotatable bonds is 19. The quantitative estimate of drug-likeness (QED) is 0.152. The third kappa shape index (κ3) is 11.2. The van der Waals surface area contributed by atoms with Gasteiger partial charge in [-0.15, -0.1) is 0 Å². The van der Waals surface area contributed by atoms with E-state index < -0.39 is 25.2 Å². The van der Waals surface area contributed by atoms with Gasteiger partial charge in [-0.25, -0.2) is 9.59 Å². The van der Waals surface area contributed by atoms with Gasteiger partial charge in [0.1, 0.15) is 43.7 Å². The molecule has 212 valence electrons. The molecule has 0 amide bonds. The number of benzene rings is 2. The van der Waals surface area contributed by atoms with E-state index in [9.17, 15) is 9.59 Å². The first-order chi connectivity index (χ1) is 18.9. The van der Waals surface area contributed by atoms with Gasteiger partial charge >= 0.3 is 11.9 Å².